The van der Waals surface area contributed by atoms with Gasteiger partial charge in [0.2, 0.25) is 0 Å². The third kappa shape index (κ3) is 3.45. The summed E-state index contributed by atoms with van der Waals surface area (Å²) in [6, 6.07) is 17.0. The first kappa shape index (κ1) is 23.7. The summed E-state index contributed by atoms with van der Waals surface area (Å²) in [6.07, 6.45) is 0. The van der Waals surface area contributed by atoms with Crippen molar-refractivity contribution in [1.82, 2.24) is 9.97 Å². The van der Waals surface area contributed by atoms with Crippen LogP contribution in [0, 0.1) is 13.8 Å². The van der Waals surface area contributed by atoms with Gasteiger partial charge < -0.3 is 0 Å². The molecule has 0 fully saturated rings. The van der Waals surface area contributed by atoms with E-state index in [0.29, 0.717) is 11.1 Å². The van der Waals surface area contributed by atoms with Gasteiger partial charge in [-0.15, -0.1) is 22.7 Å². The lowest BCUT2D eigenvalue weighted by molar-refractivity contribution is -0.254. The number of alkyl halides is 6. The molecule has 2 nitrogen and oxygen atoms in total. The predicted octanol–water partition coefficient (Wildman–Crippen LogP) is 8.38. The summed E-state index contributed by atoms with van der Waals surface area (Å²) in [5.74, 6) is -16.0. The smallest absolute Gasteiger partial charge is 0.236 e. The Labute approximate surface area is 204 Å². The maximum Gasteiger partial charge on any atom is 0.380 e. The van der Waals surface area contributed by atoms with Crippen LogP contribution in [0.5, 0.6) is 0 Å². The molecule has 0 aliphatic heterocycles. The van der Waals surface area contributed by atoms with Crippen LogP contribution in [-0.2, 0) is 0 Å². The van der Waals surface area contributed by atoms with Crippen LogP contribution in [0.2, 0.25) is 0 Å². The van der Waals surface area contributed by atoms with Crippen LogP contribution in [-0.4, -0.2) is 27.7 Å². The van der Waals surface area contributed by atoms with Crippen LogP contribution in [0.25, 0.3) is 32.3 Å². The zero-order valence-electron chi connectivity index (χ0n) is 18.3. The van der Waals surface area contributed by atoms with E-state index < -0.39 is 40.3 Å². The summed E-state index contributed by atoms with van der Waals surface area (Å²) in [6.45, 7) is 2.80. The van der Waals surface area contributed by atoms with E-state index in [1.54, 1.807) is 60.7 Å². The third-order valence-electron chi connectivity index (χ3n) is 5.77. The van der Waals surface area contributed by atoms with E-state index in [2.05, 4.69) is 9.97 Å². The predicted molar refractivity (Wildman–Crippen MR) is 126 cm³/mol. The average molecular weight is 523 g/mol. The Kier molecular flexibility index (Phi) is 5.45. The molecule has 1 aliphatic carbocycles. The maximum absolute atomic E-state index is 15.2. The highest BCUT2D eigenvalue weighted by Gasteiger charge is 2.81. The molecule has 5 rings (SSSR count). The minimum Gasteiger partial charge on any atom is -0.236 e. The lowest BCUT2D eigenvalue weighted by Crippen LogP contribution is -2.49. The second kappa shape index (κ2) is 8.03. The van der Waals surface area contributed by atoms with E-state index in [1.807, 2.05) is 0 Å². The van der Waals surface area contributed by atoms with Crippen molar-refractivity contribution in [3.63, 3.8) is 0 Å². The van der Waals surface area contributed by atoms with Gasteiger partial charge in [0.25, 0.3) is 0 Å². The average Bonchev–Trinajstić information content (AvgIpc) is 3.42. The first-order chi connectivity index (χ1) is 16.5. The fraction of sp³-hybridized carbons (Fsp3) is 0.200. The molecule has 1 aliphatic rings. The van der Waals surface area contributed by atoms with Crippen LogP contribution in [0.1, 0.15) is 21.1 Å². The quantitative estimate of drug-likeness (QED) is 0.252. The van der Waals surface area contributed by atoms with E-state index in [4.69, 9.17) is 0 Å². The van der Waals surface area contributed by atoms with Crippen molar-refractivity contribution in [2.24, 2.45) is 0 Å². The molecule has 0 amide bonds. The molecule has 10 heteroatoms. The van der Waals surface area contributed by atoms with E-state index in [-0.39, 0.29) is 19.8 Å². The van der Waals surface area contributed by atoms with Gasteiger partial charge in [0.05, 0.1) is 22.5 Å². The largest absolute Gasteiger partial charge is 0.380 e. The molecule has 0 bridgehead atoms. The van der Waals surface area contributed by atoms with Gasteiger partial charge in [-0.1, -0.05) is 60.7 Å². The van der Waals surface area contributed by atoms with Crippen molar-refractivity contribution < 1.29 is 26.3 Å². The first-order valence-electron chi connectivity index (χ1n) is 10.4. The second-order valence-electron chi connectivity index (χ2n) is 8.05. The lowest BCUT2D eigenvalue weighted by atomic mass is 10.0. The molecule has 35 heavy (non-hydrogen) atoms. The monoisotopic (exact) mass is 522 g/mol. The van der Waals surface area contributed by atoms with Crippen molar-refractivity contribution >= 4 is 33.8 Å². The van der Waals surface area contributed by atoms with E-state index in [9.17, 15) is 8.78 Å². The van der Waals surface area contributed by atoms with Gasteiger partial charge in [-0.3, -0.25) is 0 Å². The third-order valence-corrected chi connectivity index (χ3v) is 7.81. The molecular formula is C25H16F6N2S2. The van der Waals surface area contributed by atoms with Gasteiger partial charge in [0.15, 0.2) is 0 Å². The molecule has 0 saturated heterocycles. The Morgan fingerprint density at radius 2 is 0.914 bits per heavy atom. The van der Waals surface area contributed by atoms with Gasteiger partial charge in [-0.2, -0.15) is 26.3 Å². The van der Waals surface area contributed by atoms with E-state index in [1.165, 1.54) is 13.8 Å². The Morgan fingerprint density at radius 3 is 1.26 bits per heavy atom. The zero-order valence-corrected chi connectivity index (χ0v) is 19.9. The normalized spacial score (nSPS) is 18.3. The van der Waals surface area contributed by atoms with Crippen LogP contribution in [0.3, 0.4) is 0 Å². The molecule has 0 spiro atoms. The molecule has 0 atom stereocenters. The Morgan fingerprint density at radius 1 is 0.571 bits per heavy atom. The van der Waals surface area contributed by atoms with Gasteiger partial charge in [-0.25, -0.2) is 9.97 Å². The number of aryl methyl sites for hydroxylation is 2. The molecule has 0 radical (unpaired) electrons. The number of hydrogen-bond donors (Lipinski definition) is 0. The summed E-state index contributed by atoms with van der Waals surface area (Å²) < 4.78 is 90.2. The Hall–Kier alpha value is -2.98. The molecule has 0 unspecified atom stereocenters. The van der Waals surface area contributed by atoms with Crippen LogP contribution in [0.15, 0.2) is 60.7 Å². The van der Waals surface area contributed by atoms with Gasteiger partial charge in [0, 0.05) is 20.9 Å². The zero-order chi connectivity index (χ0) is 25.2. The van der Waals surface area contributed by atoms with Crippen LogP contribution in [0.4, 0.5) is 26.3 Å². The van der Waals surface area contributed by atoms with Gasteiger partial charge in [-0.05, 0) is 13.8 Å². The number of rotatable bonds is 4. The molecule has 2 aromatic carbocycles. The lowest BCUT2D eigenvalue weighted by Gasteiger charge is -2.25. The number of nitrogens with zero attached hydrogens (tertiary/aromatic N) is 2. The number of allylic oxidation sites excluding steroid dienone is 2. The number of hydrogen-bond acceptors (Lipinski definition) is 4. The Balaban J connectivity index is 1.78. The minimum atomic E-state index is -5.66. The second-order valence-corrected chi connectivity index (χ2v) is 10.5. The van der Waals surface area contributed by atoms with E-state index in [0.717, 1.165) is 22.7 Å². The summed E-state index contributed by atoms with van der Waals surface area (Å²) in [5, 5.41) is 0.526. The number of benzene rings is 2. The summed E-state index contributed by atoms with van der Waals surface area (Å²) in [7, 11) is 0. The maximum atomic E-state index is 15.2. The van der Waals surface area contributed by atoms with Gasteiger partial charge >= 0.3 is 17.8 Å². The highest BCUT2D eigenvalue weighted by molar-refractivity contribution is 7.15. The Bertz CT molecular complexity index is 1330. The molecule has 4 aromatic rings. The van der Waals surface area contributed by atoms with Crippen molar-refractivity contribution in [3.8, 4) is 21.1 Å². The first-order valence-corrected chi connectivity index (χ1v) is 12.0. The SMILES string of the molecule is Cc1sc(-c2ccccc2)nc1C1=C(c2nc(-c3ccccc3)sc2C)C(F)(F)C(F)(F)C1(F)F. The number of halogens is 6. The van der Waals surface area contributed by atoms with E-state index >= 15 is 17.6 Å². The fourth-order valence-corrected chi connectivity index (χ4v) is 5.88. The van der Waals surface area contributed by atoms with Crippen LogP contribution >= 0.6 is 22.7 Å². The molecular weight excluding hydrogens is 506 g/mol. The summed E-state index contributed by atoms with van der Waals surface area (Å²) in [4.78, 5) is 8.55. The van der Waals surface area contributed by atoms with Crippen molar-refractivity contribution in [1.29, 1.82) is 0 Å². The minimum absolute atomic E-state index is 0.126. The topological polar surface area (TPSA) is 25.8 Å². The fourth-order valence-electron chi connectivity index (χ4n) is 4.02. The van der Waals surface area contributed by atoms with Crippen molar-refractivity contribution in [2.45, 2.75) is 31.6 Å². The summed E-state index contributed by atoms with van der Waals surface area (Å²) >= 11 is 1.95. The molecule has 2 heterocycles. The molecule has 180 valence electrons. The molecule has 0 saturated carbocycles. The van der Waals surface area contributed by atoms with Gasteiger partial charge in [0.1, 0.15) is 10.0 Å². The summed E-state index contributed by atoms with van der Waals surface area (Å²) in [5.41, 5.74) is -2.97. The van der Waals surface area contributed by atoms with Crippen molar-refractivity contribution in [3.05, 3.63) is 81.8 Å². The van der Waals surface area contributed by atoms with Crippen LogP contribution < -0.4 is 0 Å². The van der Waals surface area contributed by atoms with Crippen molar-refractivity contribution in [2.75, 3.05) is 0 Å². The molecule has 0 N–H and O–H groups in total. The molecule has 2 aromatic heterocycles. The number of thiazole rings is 2. The number of aromatic nitrogens is 2. The highest BCUT2D eigenvalue weighted by atomic mass is 32.1. The standard InChI is InChI=1S/C25H16F6N2S2/c1-13-19(32-21(34-13)15-9-5-3-6-10-15)17-18(24(28,29)25(30,31)23(17,26)27)20-14(2)35-22(33-20)16-11-7-4-8-12-16/h3-12H,1-2H3. The highest BCUT2D eigenvalue weighted by Crippen LogP contribution is 2.65.